The van der Waals surface area contributed by atoms with E-state index >= 15 is 0 Å². The molecule has 1 aliphatic heterocycles. The average Bonchev–Trinajstić information content (AvgIpc) is 3.27. The predicted molar refractivity (Wildman–Crippen MR) is 88.8 cm³/mol. The highest BCUT2D eigenvalue weighted by atomic mass is 35.5. The molecule has 0 aromatic heterocycles. The van der Waals surface area contributed by atoms with E-state index in [1.165, 1.54) is 31.2 Å². The maximum atomic E-state index is 6.19. The molecule has 2 N–H and O–H groups in total. The van der Waals surface area contributed by atoms with Gasteiger partial charge in [0.25, 0.3) is 0 Å². The van der Waals surface area contributed by atoms with Crippen LogP contribution in [0.1, 0.15) is 38.2 Å². The molecule has 4 heteroatoms. The molecule has 3 nitrogen and oxygen atoms in total. The molecule has 114 valence electrons. The van der Waals surface area contributed by atoms with Crippen LogP contribution in [-0.4, -0.2) is 30.5 Å². The molecule has 1 aromatic rings. The Kier molecular flexibility index (Phi) is 4.12. The van der Waals surface area contributed by atoms with E-state index < -0.39 is 0 Å². The number of hydrogen-bond donors (Lipinski definition) is 1. The monoisotopic (exact) mass is 305 g/mol. The first-order valence-corrected chi connectivity index (χ1v) is 8.28. The zero-order valence-corrected chi connectivity index (χ0v) is 13.4. The number of guanidine groups is 1. The first-order chi connectivity index (χ1) is 10.1. The molecule has 1 aliphatic carbocycles. The van der Waals surface area contributed by atoms with Crippen molar-refractivity contribution in [3.05, 3.63) is 34.9 Å². The van der Waals surface area contributed by atoms with Gasteiger partial charge in [-0.25, -0.2) is 0 Å². The van der Waals surface area contributed by atoms with Crippen molar-refractivity contribution in [2.45, 2.75) is 38.0 Å². The van der Waals surface area contributed by atoms with Crippen LogP contribution in [0.2, 0.25) is 5.02 Å². The van der Waals surface area contributed by atoms with Crippen molar-refractivity contribution in [3.8, 4) is 0 Å². The van der Waals surface area contributed by atoms with Crippen LogP contribution in [0.15, 0.2) is 29.3 Å². The molecule has 1 saturated carbocycles. The van der Waals surface area contributed by atoms with Crippen LogP contribution in [0.25, 0.3) is 0 Å². The van der Waals surface area contributed by atoms with Crippen molar-refractivity contribution in [1.82, 2.24) is 4.90 Å². The molecule has 0 bridgehead atoms. The largest absolute Gasteiger partial charge is 0.370 e. The molecule has 1 saturated heterocycles. The number of hydrogen-bond acceptors (Lipinski definition) is 1. The van der Waals surface area contributed by atoms with Gasteiger partial charge in [0, 0.05) is 23.5 Å². The second kappa shape index (κ2) is 5.88. The van der Waals surface area contributed by atoms with Crippen LogP contribution in [0, 0.1) is 5.92 Å². The SMILES string of the molecule is CC1CCN(C(N)=NCC2(c3ccc(Cl)cc3)CC2)CC1. The standard InChI is InChI=1S/C17H24ClN3/c1-13-6-10-21(11-7-13)16(19)20-12-17(8-9-17)14-2-4-15(18)5-3-14/h2-5,13H,6-12H2,1H3,(H2,19,20). The summed E-state index contributed by atoms with van der Waals surface area (Å²) in [4.78, 5) is 6.93. The van der Waals surface area contributed by atoms with Crippen molar-refractivity contribution >= 4 is 17.6 Å². The molecule has 2 aliphatic rings. The normalized spacial score (nSPS) is 22.4. The van der Waals surface area contributed by atoms with Gasteiger partial charge in [0.1, 0.15) is 0 Å². The highest BCUT2D eigenvalue weighted by Crippen LogP contribution is 2.48. The van der Waals surface area contributed by atoms with Gasteiger partial charge in [-0.05, 0) is 49.3 Å². The van der Waals surface area contributed by atoms with E-state index in [4.69, 9.17) is 22.3 Å². The number of rotatable bonds is 3. The maximum Gasteiger partial charge on any atom is 0.191 e. The lowest BCUT2D eigenvalue weighted by molar-refractivity contribution is 0.277. The second-order valence-corrected chi connectivity index (χ2v) is 7.07. The van der Waals surface area contributed by atoms with E-state index in [1.54, 1.807) is 0 Å². The summed E-state index contributed by atoms with van der Waals surface area (Å²) in [6.45, 7) is 5.20. The van der Waals surface area contributed by atoms with Crippen LogP contribution in [0.5, 0.6) is 0 Å². The average molecular weight is 306 g/mol. The molecule has 1 heterocycles. The topological polar surface area (TPSA) is 41.6 Å². The first-order valence-electron chi connectivity index (χ1n) is 7.90. The van der Waals surface area contributed by atoms with Gasteiger partial charge in [0.05, 0.1) is 6.54 Å². The summed E-state index contributed by atoms with van der Waals surface area (Å²) in [6.07, 6.45) is 4.84. The molecule has 0 amide bonds. The minimum atomic E-state index is 0.207. The number of nitrogens with two attached hydrogens (primary N) is 1. The van der Waals surface area contributed by atoms with Gasteiger partial charge in [0.15, 0.2) is 5.96 Å². The molecule has 21 heavy (non-hydrogen) atoms. The minimum Gasteiger partial charge on any atom is -0.370 e. The van der Waals surface area contributed by atoms with Crippen molar-refractivity contribution in [3.63, 3.8) is 0 Å². The van der Waals surface area contributed by atoms with Gasteiger partial charge in [-0.15, -0.1) is 0 Å². The number of halogens is 1. The van der Waals surface area contributed by atoms with Crippen molar-refractivity contribution in [2.75, 3.05) is 19.6 Å². The molecule has 0 atom stereocenters. The summed E-state index contributed by atoms with van der Waals surface area (Å²) >= 11 is 5.97. The Bertz CT molecular complexity index is 511. The van der Waals surface area contributed by atoms with Crippen molar-refractivity contribution in [2.24, 2.45) is 16.6 Å². The van der Waals surface area contributed by atoms with Crippen molar-refractivity contribution in [1.29, 1.82) is 0 Å². The number of piperidine rings is 1. The summed E-state index contributed by atoms with van der Waals surface area (Å²) in [5, 5.41) is 0.792. The molecule has 2 fully saturated rings. The lowest BCUT2D eigenvalue weighted by Gasteiger charge is -2.31. The Labute approximate surface area is 132 Å². The van der Waals surface area contributed by atoms with E-state index in [9.17, 15) is 0 Å². The van der Waals surface area contributed by atoms with E-state index in [0.29, 0.717) is 0 Å². The summed E-state index contributed by atoms with van der Waals surface area (Å²) in [5.74, 6) is 1.54. The van der Waals surface area contributed by atoms with Crippen molar-refractivity contribution < 1.29 is 0 Å². The van der Waals surface area contributed by atoms with Crippen LogP contribution >= 0.6 is 11.6 Å². The molecular weight excluding hydrogens is 282 g/mol. The lowest BCUT2D eigenvalue weighted by atomic mass is 9.96. The van der Waals surface area contributed by atoms with Crippen LogP contribution in [0.4, 0.5) is 0 Å². The summed E-state index contributed by atoms with van der Waals surface area (Å²) in [5.41, 5.74) is 7.74. The Morgan fingerprint density at radius 1 is 1.29 bits per heavy atom. The van der Waals surface area contributed by atoms with Gasteiger partial charge in [-0.3, -0.25) is 4.99 Å². The Morgan fingerprint density at radius 2 is 1.90 bits per heavy atom. The summed E-state index contributed by atoms with van der Waals surface area (Å²) in [7, 11) is 0. The van der Waals surface area contributed by atoms with Gasteiger partial charge < -0.3 is 10.6 Å². The smallest absolute Gasteiger partial charge is 0.191 e. The molecule has 3 rings (SSSR count). The zero-order chi connectivity index (χ0) is 14.9. The lowest BCUT2D eigenvalue weighted by Crippen LogP contribution is -2.42. The first kappa shape index (κ1) is 14.7. The predicted octanol–water partition coefficient (Wildman–Crippen LogP) is 3.42. The van der Waals surface area contributed by atoms with E-state index in [2.05, 4.69) is 24.0 Å². The molecule has 1 aromatic carbocycles. The number of benzene rings is 1. The zero-order valence-electron chi connectivity index (χ0n) is 12.7. The van der Waals surface area contributed by atoms with E-state index in [0.717, 1.165) is 36.5 Å². The fourth-order valence-electron chi connectivity index (χ4n) is 3.06. The third kappa shape index (κ3) is 3.34. The van der Waals surface area contributed by atoms with E-state index in [1.807, 2.05) is 12.1 Å². The fourth-order valence-corrected chi connectivity index (χ4v) is 3.19. The van der Waals surface area contributed by atoms with Gasteiger partial charge in [0.2, 0.25) is 0 Å². The Balaban J connectivity index is 1.63. The van der Waals surface area contributed by atoms with Crippen LogP contribution in [0.3, 0.4) is 0 Å². The maximum absolute atomic E-state index is 6.19. The number of likely N-dealkylation sites (tertiary alicyclic amines) is 1. The fraction of sp³-hybridized carbons (Fsp3) is 0.588. The third-order valence-corrected chi connectivity index (χ3v) is 5.21. The quantitative estimate of drug-likeness (QED) is 0.687. The third-order valence-electron chi connectivity index (χ3n) is 4.96. The molecule has 0 spiro atoms. The van der Waals surface area contributed by atoms with Gasteiger partial charge in [-0.2, -0.15) is 0 Å². The number of nitrogens with zero attached hydrogens (tertiary/aromatic N) is 2. The second-order valence-electron chi connectivity index (χ2n) is 6.63. The minimum absolute atomic E-state index is 0.207. The summed E-state index contributed by atoms with van der Waals surface area (Å²) < 4.78 is 0. The Morgan fingerprint density at radius 3 is 2.48 bits per heavy atom. The highest BCUT2D eigenvalue weighted by Gasteiger charge is 2.44. The Hall–Kier alpha value is -1.22. The molecule has 0 unspecified atom stereocenters. The molecule has 0 radical (unpaired) electrons. The summed E-state index contributed by atoms with van der Waals surface area (Å²) in [6, 6.07) is 8.19. The number of aliphatic imine (C=N–C) groups is 1. The van der Waals surface area contributed by atoms with Gasteiger partial charge in [-0.1, -0.05) is 30.7 Å². The van der Waals surface area contributed by atoms with Crippen LogP contribution in [-0.2, 0) is 5.41 Å². The van der Waals surface area contributed by atoms with Crippen LogP contribution < -0.4 is 5.73 Å². The highest BCUT2D eigenvalue weighted by molar-refractivity contribution is 6.30. The molecular formula is C17H24ClN3. The van der Waals surface area contributed by atoms with Gasteiger partial charge >= 0.3 is 0 Å². The van der Waals surface area contributed by atoms with E-state index in [-0.39, 0.29) is 5.41 Å².